The van der Waals surface area contributed by atoms with Gasteiger partial charge >= 0.3 is 0 Å². The number of ether oxygens (including phenoxy) is 1. The molecule has 0 saturated heterocycles. The number of benzene rings is 1. The lowest BCUT2D eigenvalue weighted by molar-refractivity contribution is 0.340. The first-order chi connectivity index (χ1) is 7.26. The van der Waals surface area contributed by atoms with Gasteiger partial charge in [0.1, 0.15) is 5.75 Å². The lowest BCUT2D eigenvalue weighted by Crippen LogP contribution is -2.02. The second-order valence-corrected chi connectivity index (χ2v) is 4.29. The SMILES string of the molecule is CCOc1ccc(C2CC2CN)c(C)c1. The van der Waals surface area contributed by atoms with E-state index in [0.29, 0.717) is 11.8 Å². The van der Waals surface area contributed by atoms with Crippen molar-refractivity contribution in [1.82, 2.24) is 0 Å². The van der Waals surface area contributed by atoms with Crippen molar-refractivity contribution >= 4 is 0 Å². The summed E-state index contributed by atoms with van der Waals surface area (Å²) in [5.74, 6) is 2.39. The Labute approximate surface area is 91.4 Å². The highest BCUT2D eigenvalue weighted by Crippen LogP contribution is 2.48. The van der Waals surface area contributed by atoms with Crippen LogP contribution in [0.1, 0.15) is 30.4 Å². The average molecular weight is 205 g/mol. The summed E-state index contributed by atoms with van der Waals surface area (Å²) in [5, 5.41) is 0. The first-order valence-electron chi connectivity index (χ1n) is 5.69. The Morgan fingerprint density at radius 1 is 1.47 bits per heavy atom. The molecule has 1 aliphatic rings. The van der Waals surface area contributed by atoms with Crippen LogP contribution in [0.25, 0.3) is 0 Å². The summed E-state index contributed by atoms with van der Waals surface area (Å²) in [7, 11) is 0. The van der Waals surface area contributed by atoms with E-state index in [9.17, 15) is 0 Å². The van der Waals surface area contributed by atoms with E-state index in [1.807, 2.05) is 6.92 Å². The second kappa shape index (κ2) is 4.23. The third-order valence-corrected chi connectivity index (χ3v) is 3.18. The van der Waals surface area contributed by atoms with Crippen molar-refractivity contribution < 1.29 is 4.74 Å². The van der Waals surface area contributed by atoms with E-state index in [1.165, 1.54) is 17.5 Å². The number of aryl methyl sites for hydroxylation is 1. The van der Waals surface area contributed by atoms with Gasteiger partial charge in [-0.25, -0.2) is 0 Å². The van der Waals surface area contributed by atoms with E-state index >= 15 is 0 Å². The summed E-state index contributed by atoms with van der Waals surface area (Å²) in [6.45, 7) is 5.71. The van der Waals surface area contributed by atoms with E-state index in [2.05, 4.69) is 25.1 Å². The summed E-state index contributed by atoms with van der Waals surface area (Å²) >= 11 is 0. The predicted molar refractivity (Wildman–Crippen MR) is 62.3 cm³/mol. The fraction of sp³-hybridized carbons (Fsp3) is 0.538. The number of rotatable bonds is 4. The fourth-order valence-corrected chi connectivity index (χ4v) is 2.21. The van der Waals surface area contributed by atoms with Crippen molar-refractivity contribution in [1.29, 1.82) is 0 Å². The van der Waals surface area contributed by atoms with Crippen LogP contribution >= 0.6 is 0 Å². The maximum absolute atomic E-state index is 5.66. The Kier molecular flexibility index (Phi) is 2.96. The van der Waals surface area contributed by atoms with Crippen LogP contribution in [-0.2, 0) is 0 Å². The van der Waals surface area contributed by atoms with Gasteiger partial charge in [-0.2, -0.15) is 0 Å². The lowest BCUT2D eigenvalue weighted by Gasteiger charge is -2.08. The highest BCUT2D eigenvalue weighted by Gasteiger charge is 2.37. The van der Waals surface area contributed by atoms with Gasteiger partial charge in [0.15, 0.2) is 0 Å². The zero-order valence-electron chi connectivity index (χ0n) is 9.49. The van der Waals surface area contributed by atoms with Gasteiger partial charge in [-0.05, 0) is 61.9 Å². The van der Waals surface area contributed by atoms with Crippen molar-refractivity contribution in [2.24, 2.45) is 11.7 Å². The van der Waals surface area contributed by atoms with Crippen molar-refractivity contribution in [3.05, 3.63) is 29.3 Å². The third-order valence-electron chi connectivity index (χ3n) is 3.18. The molecule has 82 valence electrons. The quantitative estimate of drug-likeness (QED) is 0.819. The molecule has 1 aromatic carbocycles. The van der Waals surface area contributed by atoms with Crippen LogP contribution in [0.5, 0.6) is 5.75 Å². The van der Waals surface area contributed by atoms with E-state index in [4.69, 9.17) is 10.5 Å². The molecule has 2 atom stereocenters. The molecule has 1 aromatic rings. The zero-order valence-corrected chi connectivity index (χ0v) is 9.49. The molecule has 2 unspecified atom stereocenters. The maximum atomic E-state index is 5.66. The van der Waals surface area contributed by atoms with Crippen LogP contribution in [0.4, 0.5) is 0 Å². The third kappa shape index (κ3) is 2.15. The summed E-state index contributed by atoms with van der Waals surface area (Å²) in [4.78, 5) is 0. The summed E-state index contributed by atoms with van der Waals surface area (Å²) in [6.07, 6.45) is 1.26. The summed E-state index contributed by atoms with van der Waals surface area (Å²) < 4.78 is 5.47. The maximum Gasteiger partial charge on any atom is 0.119 e. The van der Waals surface area contributed by atoms with Crippen LogP contribution in [0.3, 0.4) is 0 Å². The highest BCUT2D eigenvalue weighted by atomic mass is 16.5. The van der Waals surface area contributed by atoms with Crippen LogP contribution in [0.15, 0.2) is 18.2 Å². The Bertz CT molecular complexity index is 348. The van der Waals surface area contributed by atoms with Gasteiger partial charge in [0.25, 0.3) is 0 Å². The van der Waals surface area contributed by atoms with Gasteiger partial charge < -0.3 is 10.5 Å². The van der Waals surface area contributed by atoms with Gasteiger partial charge in [-0.3, -0.25) is 0 Å². The molecule has 2 heteroatoms. The van der Waals surface area contributed by atoms with Crippen LogP contribution < -0.4 is 10.5 Å². The number of nitrogens with two attached hydrogens (primary N) is 1. The molecule has 0 heterocycles. The van der Waals surface area contributed by atoms with Crippen LogP contribution in [0, 0.1) is 12.8 Å². The minimum Gasteiger partial charge on any atom is -0.494 e. The Balaban J connectivity index is 2.13. The first kappa shape index (κ1) is 10.5. The number of hydrogen-bond donors (Lipinski definition) is 1. The summed E-state index contributed by atoms with van der Waals surface area (Å²) in [5.41, 5.74) is 8.45. The summed E-state index contributed by atoms with van der Waals surface area (Å²) in [6, 6.07) is 6.39. The van der Waals surface area contributed by atoms with Crippen molar-refractivity contribution in [2.45, 2.75) is 26.2 Å². The molecule has 15 heavy (non-hydrogen) atoms. The molecule has 1 saturated carbocycles. The average Bonchev–Trinajstić information content (AvgIpc) is 2.97. The van der Waals surface area contributed by atoms with Gasteiger partial charge in [-0.1, -0.05) is 6.07 Å². The Hall–Kier alpha value is -1.02. The van der Waals surface area contributed by atoms with E-state index in [1.54, 1.807) is 0 Å². The van der Waals surface area contributed by atoms with Crippen LogP contribution in [-0.4, -0.2) is 13.2 Å². The zero-order chi connectivity index (χ0) is 10.8. The highest BCUT2D eigenvalue weighted by molar-refractivity contribution is 5.39. The minimum absolute atomic E-state index is 0.700. The van der Waals surface area contributed by atoms with Crippen molar-refractivity contribution in [2.75, 3.05) is 13.2 Å². The standard InChI is InChI=1S/C13H19NO/c1-3-15-11-4-5-12(9(2)6-11)13-7-10(13)8-14/h4-6,10,13H,3,7-8,14H2,1-2H3. The van der Waals surface area contributed by atoms with Gasteiger partial charge in [0.05, 0.1) is 6.61 Å². The van der Waals surface area contributed by atoms with Gasteiger partial charge in [0.2, 0.25) is 0 Å². The topological polar surface area (TPSA) is 35.2 Å². The molecule has 0 spiro atoms. The molecule has 0 radical (unpaired) electrons. The largest absolute Gasteiger partial charge is 0.494 e. The molecular weight excluding hydrogens is 186 g/mol. The molecule has 0 aromatic heterocycles. The first-order valence-corrected chi connectivity index (χ1v) is 5.69. The molecular formula is C13H19NO. The Morgan fingerprint density at radius 3 is 2.80 bits per heavy atom. The molecule has 2 nitrogen and oxygen atoms in total. The normalized spacial score (nSPS) is 23.9. The lowest BCUT2D eigenvalue weighted by atomic mass is 10.0. The Morgan fingerprint density at radius 2 is 2.27 bits per heavy atom. The van der Waals surface area contributed by atoms with E-state index in [-0.39, 0.29) is 0 Å². The minimum atomic E-state index is 0.700. The second-order valence-electron chi connectivity index (χ2n) is 4.29. The fourth-order valence-electron chi connectivity index (χ4n) is 2.21. The van der Waals surface area contributed by atoms with E-state index < -0.39 is 0 Å². The monoisotopic (exact) mass is 205 g/mol. The molecule has 2 N–H and O–H groups in total. The van der Waals surface area contributed by atoms with Gasteiger partial charge in [-0.15, -0.1) is 0 Å². The molecule has 0 amide bonds. The predicted octanol–water partition coefficient (Wildman–Crippen LogP) is 2.46. The molecule has 1 aliphatic carbocycles. The molecule has 0 bridgehead atoms. The smallest absolute Gasteiger partial charge is 0.119 e. The molecule has 0 aliphatic heterocycles. The molecule has 1 fully saturated rings. The van der Waals surface area contributed by atoms with Crippen LogP contribution in [0.2, 0.25) is 0 Å². The van der Waals surface area contributed by atoms with Crippen molar-refractivity contribution in [3.8, 4) is 5.75 Å². The molecule has 2 rings (SSSR count). The van der Waals surface area contributed by atoms with Crippen molar-refractivity contribution in [3.63, 3.8) is 0 Å². The van der Waals surface area contributed by atoms with Gasteiger partial charge in [0, 0.05) is 0 Å². The number of hydrogen-bond acceptors (Lipinski definition) is 2. The van der Waals surface area contributed by atoms with E-state index in [0.717, 1.165) is 18.9 Å².